The Bertz CT molecular complexity index is 1100. The highest BCUT2D eigenvalue weighted by Crippen LogP contribution is 2.43. The first kappa shape index (κ1) is 25.6. The van der Waals surface area contributed by atoms with Crippen molar-refractivity contribution in [3.8, 4) is 5.75 Å². The number of hydrogen-bond acceptors (Lipinski definition) is 6. The molecule has 8 nitrogen and oxygen atoms in total. The second kappa shape index (κ2) is 8.96. The summed E-state index contributed by atoms with van der Waals surface area (Å²) >= 11 is 1.72. The molecule has 1 aliphatic heterocycles. The molecular weight excluding hydrogens is 462 g/mol. The number of hydrogen-bond donors (Lipinski definition) is 3. The molecule has 0 amide bonds. The second-order valence-electron chi connectivity index (χ2n) is 10.5. The van der Waals surface area contributed by atoms with Gasteiger partial charge in [-0.15, -0.1) is 11.8 Å². The van der Waals surface area contributed by atoms with E-state index in [1.54, 1.807) is 11.8 Å². The Morgan fingerprint density at radius 1 is 1.09 bits per heavy atom. The number of phenolic OH excluding ortho intramolecular Hbond substituents is 1. The van der Waals surface area contributed by atoms with Crippen LogP contribution in [0.15, 0.2) is 28.4 Å². The van der Waals surface area contributed by atoms with Crippen LogP contribution in [0.5, 0.6) is 5.75 Å². The van der Waals surface area contributed by atoms with Crippen LogP contribution < -0.4 is 0 Å². The van der Waals surface area contributed by atoms with Crippen molar-refractivity contribution < 1.29 is 23.4 Å². The number of sulfonamides is 1. The number of aromatic amines is 1. The van der Waals surface area contributed by atoms with Gasteiger partial charge >= 0.3 is 5.97 Å². The second-order valence-corrected chi connectivity index (χ2v) is 13.7. The molecule has 33 heavy (non-hydrogen) atoms. The van der Waals surface area contributed by atoms with Gasteiger partial charge in [-0.1, -0.05) is 41.5 Å². The van der Waals surface area contributed by atoms with Gasteiger partial charge in [0.2, 0.25) is 5.16 Å². The van der Waals surface area contributed by atoms with Crippen LogP contribution in [0.2, 0.25) is 0 Å². The number of imidazole rings is 1. The number of aromatic hydroxyl groups is 1. The maximum Gasteiger partial charge on any atom is 0.353 e. The van der Waals surface area contributed by atoms with E-state index in [4.69, 9.17) is 5.11 Å². The zero-order valence-corrected chi connectivity index (χ0v) is 21.6. The van der Waals surface area contributed by atoms with Crippen LogP contribution in [0.1, 0.15) is 76.0 Å². The first-order valence-electron chi connectivity index (χ1n) is 10.9. The van der Waals surface area contributed by atoms with Crippen LogP contribution in [-0.4, -0.2) is 57.2 Å². The lowest BCUT2D eigenvalue weighted by atomic mass is 9.79. The van der Waals surface area contributed by atoms with Crippen LogP contribution in [0.25, 0.3) is 0 Å². The van der Waals surface area contributed by atoms with Gasteiger partial charge in [0.15, 0.2) is 0 Å². The van der Waals surface area contributed by atoms with E-state index in [-0.39, 0.29) is 26.9 Å². The van der Waals surface area contributed by atoms with Gasteiger partial charge in [-0.25, -0.2) is 18.2 Å². The number of nitrogens with one attached hydrogen (secondary N) is 1. The van der Waals surface area contributed by atoms with Crippen molar-refractivity contribution in [2.24, 2.45) is 0 Å². The molecule has 10 heteroatoms. The number of phenols is 1. The molecule has 2 heterocycles. The molecule has 1 aromatic heterocycles. The highest BCUT2D eigenvalue weighted by atomic mass is 32.2. The molecule has 0 bridgehead atoms. The van der Waals surface area contributed by atoms with Crippen molar-refractivity contribution in [3.05, 3.63) is 35.2 Å². The van der Waals surface area contributed by atoms with Crippen LogP contribution in [0, 0.1) is 0 Å². The summed E-state index contributed by atoms with van der Waals surface area (Å²) < 4.78 is 27.0. The average molecular weight is 496 g/mol. The predicted octanol–water partition coefficient (Wildman–Crippen LogP) is 4.35. The lowest BCUT2D eigenvalue weighted by Gasteiger charge is -2.31. The molecule has 1 fully saturated rings. The fourth-order valence-corrected chi connectivity index (χ4v) is 6.43. The molecule has 0 saturated carbocycles. The van der Waals surface area contributed by atoms with Crippen LogP contribution in [-0.2, 0) is 20.9 Å². The Balaban J connectivity index is 1.76. The summed E-state index contributed by atoms with van der Waals surface area (Å²) in [5.41, 5.74) is 1.14. The number of carboxylic acid groups (broad SMARTS) is 1. The molecule has 2 aromatic rings. The Kier molecular flexibility index (Phi) is 6.94. The van der Waals surface area contributed by atoms with E-state index in [0.717, 1.165) is 22.2 Å². The maximum atomic E-state index is 12.8. The monoisotopic (exact) mass is 495 g/mol. The van der Waals surface area contributed by atoms with Gasteiger partial charge in [-0.05, 0) is 35.8 Å². The third kappa shape index (κ3) is 5.55. The minimum Gasteiger partial charge on any atom is -0.507 e. The number of carbonyl (C=O) groups is 1. The number of aromatic nitrogens is 2. The molecule has 1 aliphatic rings. The minimum absolute atomic E-state index is 0.212. The third-order valence-corrected chi connectivity index (χ3v) is 8.82. The van der Waals surface area contributed by atoms with E-state index < -0.39 is 16.0 Å². The summed E-state index contributed by atoms with van der Waals surface area (Å²) in [4.78, 5) is 18.2. The van der Waals surface area contributed by atoms with Gasteiger partial charge in [0.05, 0.1) is 6.20 Å². The molecule has 182 valence electrons. The molecule has 0 unspecified atom stereocenters. The number of thioether (sulfide) groups is 1. The van der Waals surface area contributed by atoms with E-state index in [1.165, 1.54) is 4.31 Å². The van der Waals surface area contributed by atoms with E-state index >= 15 is 0 Å². The Hall–Kier alpha value is -2.04. The fraction of sp³-hybridized carbons (Fsp3) is 0.565. The number of piperidine rings is 1. The van der Waals surface area contributed by atoms with Crippen LogP contribution >= 0.6 is 11.8 Å². The summed E-state index contributed by atoms with van der Waals surface area (Å²) in [5.74, 6) is -0.906. The Morgan fingerprint density at radius 3 is 2.03 bits per heavy atom. The summed E-state index contributed by atoms with van der Waals surface area (Å²) in [5, 5.41) is 19.8. The van der Waals surface area contributed by atoms with E-state index in [2.05, 4.69) is 63.6 Å². The van der Waals surface area contributed by atoms with Crippen molar-refractivity contribution in [2.75, 3.05) is 13.1 Å². The number of carboxylic acids is 1. The van der Waals surface area contributed by atoms with Crippen molar-refractivity contribution in [1.82, 2.24) is 14.3 Å². The smallest absolute Gasteiger partial charge is 0.353 e. The summed E-state index contributed by atoms with van der Waals surface area (Å²) in [7, 11) is -3.87. The van der Waals surface area contributed by atoms with E-state index in [9.17, 15) is 18.3 Å². The summed E-state index contributed by atoms with van der Waals surface area (Å²) in [6.07, 6.45) is 2.34. The number of aromatic carboxylic acids is 1. The highest BCUT2D eigenvalue weighted by molar-refractivity contribution is 8.00. The number of benzene rings is 1. The summed E-state index contributed by atoms with van der Waals surface area (Å²) in [6, 6.07) is 4.10. The van der Waals surface area contributed by atoms with Crippen molar-refractivity contribution >= 4 is 27.8 Å². The van der Waals surface area contributed by atoms with Crippen molar-refractivity contribution in [1.29, 1.82) is 0 Å². The van der Waals surface area contributed by atoms with Gasteiger partial charge in [0.25, 0.3) is 10.0 Å². The fourth-order valence-electron chi connectivity index (χ4n) is 3.87. The highest BCUT2D eigenvalue weighted by Gasteiger charge is 2.33. The van der Waals surface area contributed by atoms with Gasteiger partial charge in [0.1, 0.15) is 11.4 Å². The van der Waals surface area contributed by atoms with Gasteiger partial charge in [-0.3, -0.25) is 0 Å². The van der Waals surface area contributed by atoms with Crippen LogP contribution in [0.3, 0.4) is 0 Å². The van der Waals surface area contributed by atoms with Gasteiger partial charge in [-0.2, -0.15) is 4.31 Å². The van der Waals surface area contributed by atoms with Crippen LogP contribution in [0.4, 0.5) is 0 Å². The number of H-pyrrole nitrogens is 1. The Morgan fingerprint density at radius 2 is 1.61 bits per heavy atom. The third-order valence-electron chi connectivity index (χ3n) is 5.77. The maximum absolute atomic E-state index is 12.8. The SMILES string of the molecule is CC(C)(C)c1cc(SC2CCN(S(=O)(=O)c3ncc(C(=O)O)[nH]3)CC2)cc(C(C)(C)C)c1O. The molecule has 1 saturated heterocycles. The Labute approximate surface area is 199 Å². The first-order valence-corrected chi connectivity index (χ1v) is 13.3. The standard InChI is InChI=1S/C23H33N3O5S2/c1-22(2,3)16-11-15(12-17(19(16)27)23(4,5)6)32-14-7-9-26(10-8-14)33(30,31)21-24-13-18(25-21)20(28)29/h11-14,27H,7-10H2,1-6H3,(H,24,25)(H,28,29). The molecule has 0 atom stereocenters. The van der Waals surface area contributed by atoms with Crippen molar-refractivity contribution in [3.63, 3.8) is 0 Å². The van der Waals surface area contributed by atoms with E-state index in [1.807, 2.05) is 0 Å². The molecule has 3 rings (SSSR count). The molecule has 0 radical (unpaired) electrons. The van der Waals surface area contributed by atoms with Gasteiger partial charge < -0.3 is 15.2 Å². The lowest BCUT2D eigenvalue weighted by molar-refractivity contribution is 0.0690. The molecule has 1 aromatic carbocycles. The molecule has 0 aliphatic carbocycles. The number of rotatable bonds is 5. The largest absolute Gasteiger partial charge is 0.507 e. The average Bonchev–Trinajstić information content (AvgIpc) is 3.19. The quantitative estimate of drug-likeness (QED) is 0.563. The van der Waals surface area contributed by atoms with Crippen molar-refractivity contribution in [2.45, 2.75) is 80.5 Å². The number of nitrogens with zero attached hydrogens (tertiary/aromatic N) is 2. The van der Waals surface area contributed by atoms with Gasteiger partial charge in [0, 0.05) is 34.4 Å². The molecule has 0 spiro atoms. The molecule has 3 N–H and O–H groups in total. The normalized spacial score (nSPS) is 16.8. The minimum atomic E-state index is -3.87. The van der Waals surface area contributed by atoms with E-state index in [0.29, 0.717) is 31.7 Å². The molecular formula is C23H33N3O5S2. The zero-order chi connectivity index (χ0) is 24.8. The topological polar surface area (TPSA) is 124 Å². The summed E-state index contributed by atoms with van der Waals surface area (Å²) in [6.45, 7) is 13.1. The lowest BCUT2D eigenvalue weighted by Crippen LogP contribution is -2.39. The zero-order valence-electron chi connectivity index (χ0n) is 20.0. The predicted molar refractivity (Wildman–Crippen MR) is 129 cm³/mol. The first-order chi connectivity index (χ1) is 15.1.